The normalized spacial score (nSPS) is 14.9. The van der Waals surface area contributed by atoms with Gasteiger partial charge in [-0.3, -0.25) is 14.3 Å². The number of aliphatic carboxylic acids is 1. The van der Waals surface area contributed by atoms with Gasteiger partial charge in [-0.05, 0) is 61.9 Å². The quantitative estimate of drug-likeness (QED) is 0.118. The molecule has 0 spiro atoms. The van der Waals surface area contributed by atoms with Crippen LogP contribution < -0.4 is 15.4 Å². The summed E-state index contributed by atoms with van der Waals surface area (Å²) in [6.45, 7) is 4.18. The first-order chi connectivity index (χ1) is 23.6. The molecule has 3 aromatic rings. The molecule has 1 atom stereocenters. The number of fused-ring (bicyclic) bond motifs is 1. The van der Waals surface area contributed by atoms with Crippen LogP contribution in [0.4, 0.5) is 5.69 Å². The molecule has 5 N–H and O–H groups in total. The van der Waals surface area contributed by atoms with E-state index >= 15 is 0 Å². The molecular weight excluding hydrogens is 630 g/mol. The third-order valence-corrected chi connectivity index (χ3v) is 8.61. The molecule has 2 aromatic carbocycles. The average Bonchev–Trinajstić information content (AvgIpc) is 3.54. The van der Waals surface area contributed by atoms with Gasteiger partial charge < -0.3 is 40.3 Å². The van der Waals surface area contributed by atoms with Crippen molar-refractivity contribution in [3.05, 3.63) is 59.9 Å². The summed E-state index contributed by atoms with van der Waals surface area (Å²) < 4.78 is 13.3. The van der Waals surface area contributed by atoms with Gasteiger partial charge in [0.15, 0.2) is 12.4 Å². The molecule has 1 fully saturated rings. The van der Waals surface area contributed by atoms with Gasteiger partial charge in [0, 0.05) is 37.9 Å². The molecule has 1 saturated carbocycles. The second-order valence-corrected chi connectivity index (χ2v) is 12.4. The molecule has 2 amide bonds. The van der Waals surface area contributed by atoms with E-state index in [1.807, 2.05) is 25.5 Å². The number of aliphatic hydroxyl groups is 1. The van der Waals surface area contributed by atoms with E-state index in [-0.39, 0.29) is 24.2 Å². The number of carboxylic acids is 1. The van der Waals surface area contributed by atoms with E-state index in [4.69, 9.17) is 19.7 Å². The number of hydrogen-bond acceptors (Lipinski definition) is 9. The predicted octanol–water partition coefficient (Wildman–Crippen LogP) is 3.52. The lowest BCUT2D eigenvalue weighted by molar-refractivity contribution is -0.145. The number of aromatic nitrogens is 2. The summed E-state index contributed by atoms with van der Waals surface area (Å²) in [5.41, 5.74) is 4.70. The van der Waals surface area contributed by atoms with Crippen LogP contribution in [0.5, 0.6) is 11.5 Å². The Kier molecular flexibility index (Phi) is 14.4. The second-order valence-electron chi connectivity index (χ2n) is 12.4. The number of carbonyl (C=O) groups excluding carboxylic acids is 2. The summed E-state index contributed by atoms with van der Waals surface area (Å²) in [6, 6.07) is 12.2. The predicted molar refractivity (Wildman–Crippen MR) is 184 cm³/mol. The number of rotatable bonds is 15. The zero-order valence-electron chi connectivity index (χ0n) is 28.4. The lowest BCUT2D eigenvalue weighted by Crippen LogP contribution is -2.45. The molecule has 0 bridgehead atoms. The third kappa shape index (κ3) is 11.6. The minimum atomic E-state index is -1.23. The van der Waals surface area contributed by atoms with Crippen LogP contribution in [-0.4, -0.2) is 99.4 Å². The van der Waals surface area contributed by atoms with Crippen molar-refractivity contribution in [2.75, 3.05) is 44.8 Å². The fourth-order valence-electron chi connectivity index (χ4n) is 5.89. The van der Waals surface area contributed by atoms with Gasteiger partial charge in [-0.1, -0.05) is 49.6 Å². The first kappa shape index (κ1) is 37.4. The largest absolute Gasteiger partial charge is 0.506 e. The highest BCUT2D eigenvalue weighted by Gasteiger charge is 2.25. The highest BCUT2D eigenvalue weighted by atomic mass is 16.5. The van der Waals surface area contributed by atoms with Crippen molar-refractivity contribution in [1.29, 1.82) is 0 Å². The molecule has 1 aromatic heterocycles. The number of aromatic hydroxyl groups is 1. The zero-order valence-corrected chi connectivity index (χ0v) is 28.4. The van der Waals surface area contributed by atoms with Gasteiger partial charge in [0.25, 0.3) is 5.91 Å². The number of benzene rings is 2. The molecule has 13 heteroatoms. The Balaban J connectivity index is 0.000000827. The highest BCUT2D eigenvalue weighted by molar-refractivity contribution is 5.97. The van der Waals surface area contributed by atoms with E-state index in [2.05, 4.69) is 44.9 Å². The zero-order chi connectivity index (χ0) is 35.2. The van der Waals surface area contributed by atoms with Crippen molar-refractivity contribution >= 4 is 23.5 Å². The Morgan fingerprint density at radius 3 is 2.49 bits per heavy atom. The lowest BCUT2D eigenvalue weighted by Gasteiger charge is -2.34. The van der Waals surface area contributed by atoms with Crippen LogP contribution in [0.2, 0.25) is 0 Å². The van der Waals surface area contributed by atoms with Gasteiger partial charge in [-0.15, -0.1) is 0 Å². The van der Waals surface area contributed by atoms with Crippen molar-refractivity contribution in [2.24, 2.45) is 7.05 Å². The average molecular weight is 680 g/mol. The van der Waals surface area contributed by atoms with Crippen LogP contribution in [0.15, 0.2) is 48.8 Å². The summed E-state index contributed by atoms with van der Waals surface area (Å²) in [5.74, 6) is -0.771. The standard InChI is InChI=1S/C33H43N5O5.C3H6O3/c1-37-22-27(21-35-37)25-9-7-24(8-10-25)14-19-42-20-15-31(41)38(28-5-3-2-4-6-28)18-17-34-16-13-26-11-12-29(39)32-33(26)43-23-30(40)36-32;1-2(4)3(5)6/h7-12,21-22,28,34,39H,2-6,13-20,23H2,1H3,(H,36,40);2,4H,1H3,(H,5,6). The molecule has 13 nitrogen and oxygen atoms in total. The number of ether oxygens (including phenoxy) is 2. The van der Waals surface area contributed by atoms with E-state index in [1.54, 1.807) is 10.7 Å². The molecule has 1 aliphatic carbocycles. The first-order valence-electron chi connectivity index (χ1n) is 17.0. The van der Waals surface area contributed by atoms with E-state index < -0.39 is 12.1 Å². The summed E-state index contributed by atoms with van der Waals surface area (Å²) >= 11 is 0. The number of carbonyl (C=O) groups is 3. The van der Waals surface area contributed by atoms with Crippen LogP contribution in [0.3, 0.4) is 0 Å². The number of nitrogens with zero attached hydrogens (tertiary/aromatic N) is 3. The fraction of sp³-hybridized carbons (Fsp3) is 0.500. The maximum atomic E-state index is 13.3. The number of phenols is 1. The number of hydrogen-bond donors (Lipinski definition) is 5. The van der Waals surface area contributed by atoms with E-state index in [9.17, 15) is 19.5 Å². The van der Waals surface area contributed by atoms with Crippen LogP contribution in [-0.2, 0) is 39.0 Å². The first-order valence-corrected chi connectivity index (χ1v) is 17.0. The molecule has 2 heterocycles. The number of carboxylic acid groups (broad SMARTS) is 1. The Hall–Kier alpha value is -4.46. The van der Waals surface area contributed by atoms with Crippen molar-refractivity contribution in [1.82, 2.24) is 20.0 Å². The minimum absolute atomic E-state index is 0.000764. The van der Waals surface area contributed by atoms with Crippen LogP contribution in [0.25, 0.3) is 11.1 Å². The van der Waals surface area contributed by atoms with Crippen LogP contribution in [0, 0.1) is 0 Å². The van der Waals surface area contributed by atoms with Gasteiger partial charge in [0.1, 0.15) is 17.5 Å². The molecule has 1 unspecified atom stereocenters. The molecule has 49 heavy (non-hydrogen) atoms. The lowest BCUT2D eigenvalue weighted by atomic mass is 9.94. The number of nitrogens with one attached hydrogen (secondary N) is 2. The Morgan fingerprint density at radius 2 is 1.82 bits per heavy atom. The van der Waals surface area contributed by atoms with Gasteiger partial charge >= 0.3 is 5.97 Å². The molecule has 0 radical (unpaired) electrons. The number of aliphatic hydroxyl groups excluding tert-OH is 1. The van der Waals surface area contributed by atoms with Gasteiger partial charge in [0.05, 0.1) is 25.8 Å². The molecule has 1 aliphatic heterocycles. The summed E-state index contributed by atoms with van der Waals surface area (Å²) in [4.78, 5) is 36.4. The van der Waals surface area contributed by atoms with Crippen molar-refractivity contribution < 1.29 is 39.2 Å². The minimum Gasteiger partial charge on any atom is -0.506 e. The number of amides is 2. The van der Waals surface area contributed by atoms with Crippen LogP contribution in [0.1, 0.15) is 56.6 Å². The Bertz CT molecular complexity index is 1520. The summed E-state index contributed by atoms with van der Waals surface area (Å²) in [7, 11) is 1.91. The monoisotopic (exact) mass is 679 g/mol. The smallest absolute Gasteiger partial charge is 0.332 e. The maximum absolute atomic E-state index is 13.3. The Morgan fingerprint density at radius 1 is 1.08 bits per heavy atom. The number of aryl methyl sites for hydroxylation is 1. The van der Waals surface area contributed by atoms with Crippen LogP contribution >= 0.6 is 0 Å². The van der Waals surface area contributed by atoms with Gasteiger partial charge in [-0.2, -0.15) is 5.10 Å². The van der Waals surface area contributed by atoms with E-state index in [0.29, 0.717) is 63.2 Å². The van der Waals surface area contributed by atoms with E-state index in [1.165, 1.54) is 31.7 Å². The second kappa shape index (κ2) is 18.9. The van der Waals surface area contributed by atoms with Crippen molar-refractivity contribution in [2.45, 2.75) is 70.4 Å². The molecule has 0 saturated heterocycles. The van der Waals surface area contributed by atoms with Gasteiger partial charge in [-0.25, -0.2) is 4.79 Å². The van der Waals surface area contributed by atoms with Crippen molar-refractivity contribution in [3.8, 4) is 22.6 Å². The summed E-state index contributed by atoms with van der Waals surface area (Å²) in [6.07, 6.45) is 10.2. The molecular formula is C36H49N5O8. The number of phenolic OH excluding ortho intramolecular Hbond substituents is 1. The summed E-state index contributed by atoms with van der Waals surface area (Å²) in [5, 5.41) is 36.2. The van der Waals surface area contributed by atoms with Crippen molar-refractivity contribution in [3.63, 3.8) is 0 Å². The van der Waals surface area contributed by atoms with Gasteiger partial charge in [0.2, 0.25) is 5.91 Å². The maximum Gasteiger partial charge on any atom is 0.332 e. The third-order valence-electron chi connectivity index (χ3n) is 8.61. The molecule has 266 valence electrons. The number of anilines is 1. The van der Waals surface area contributed by atoms with E-state index in [0.717, 1.165) is 36.0 Å². The topological polar surface area (TPSA) is 175 Å². The fourth-order valence-corrected chi connectivity index (χ4v) is 5.89. The molecule has 5 rings (SSSR count). The molecule has 2 aliphatic rings. The highest BCUT2D eigenvalue weighted by Crippen LogP contribution is 2.39. The Labute approximate surface area is 287 Å². The SMILES string of the molecule is CC(O)C(=O)O.Cn1cc(-c2ccc(CCOCCC(=O)N(CCNCCc3ccc(O)c4c3OCC(=O)N4)C3CCCCC3)cc2)cn1.